The molecule has 0 radical (unpaired) electrons. The van der Waals surface area contributed by atoms with Crippen LogP contribution in [-0.4, -0.2) is 10.2 Å². The molecule has 4 nitrogen and oxygen atoms in total. The predicted molar refractivity (Wildman–Crippen MR) is 145 cm³/mol. The Kier molecular flexibility index (Phi) is 8.09. The summed E-state index contributed by atoms with van der Waals surface area (Å²) in [6, 6.07) is 28.7. The number of rotatable bonds is 3. The van der Waals surface area contributed by atoms with Crippen LogP contribution < -0.4 is 9.83 Å². The van der Waals surface area contributed by atoms with E-state index >= 15 is 4.57 Å². The molecular formula is C30H33O4P. The number of phenols is 2. The summed E-state index contributed by atoms with van der Waals surface area (Å²) in [5, 5.41) is 19.3. The summed E-state index contributed by atoms with van der Waals surface area (Å²) < 4.78 is 21.5. The van der Waals surface area contributed by atoms with E-state index in [0.29, 0.717) is 11.1 Å². The van der Waals surface area contributed by atoms with Crippen LogP contribution in [0, 0.1) is 0 Å². The van der Waals surface area contributed by atoms with Crippen LogP contribution in [0.2, 0.25) is 0 Å². The predicted octanol–water partition coefficient (Wildman–Crippen LogP) is 8.08. The van der Waals surface area contributed by atoms with Gasteiger partial charge in [0.15, 0.2) is 0 Å². The van der Waals surface area contributed by atoms with Gasteiger partial charge in [-0.05, 0) is 60.0 Å². The van der Waals surface area contributed by atoms with Crippen LogP contribution in [0.5, 0.6) is 17.2 Å². The number of para-hydroxylation sites is 1. The first-order valence-electron chi connectivity index (χ1n) is 12.0. The Labute approximate surface area is 208 Å². The smallest absolute Gasteiger partial charge is 0.292 e. The summed E-state index contributed by atoms with van der Waals surface area (Å²) in [5.74, 6) is 0.837. The first kappa shape index (κ1) is 26.1. The molecule has 1 aliphatic rings. The molecular weight excluding hydrogens is 455 g/mol. The zero-order chi connectivity index (χ0) is 25.6. The third kappa shape index (κ3) is 4.47. The van der Waals surface area contributed by atoms with Gasteiger partial charge >= 0.3 is 0 Å². The highest BCUT2D eigenvalue weighted by Crippen LogP contribution is 2.68. The van der Waals surface area contributed by atoms with Crippen molar-refractivity contribution in [2.24, 2.45) is 0 Å². The molecule has 35 heavy (non-hydrogen) atoms. The lowest BCUT2D eigenvalue weighted by Crippen LogP contribution is -2.34. The molecule has 0 amide bonds. The van der Waals surface area contributed by atoms with Gasteiger partial charge in [-0.1, -0.05) is 88.4 Å². The highest BCUT2D eigenvalue weighted by Gasteiger charge is 2.53. The number of phenolic OH excluding ortho intramolecular Hbond substituents is 2. The summed E-state index contributed by atoms with van der Waals surface area (Å²) in [7, 11) is -3.60. The molecule has 5 heteroatoms. The Morgan fingerprint density at radius 2 is 1.06 bits per heavy atom. The fourth-order valence-electron chi connectivity index (χ4n) is 4.33. The Bertz CT molecular complexity index is 1270. The van der Waals surface area contributed by atoms with E-state index in [0.717, 1.165) is 22.3 Å². The minimum absolute atomic E-state index is 0.130. The Hall–Kier alpha value is -3.49. The number of hydrogen-bond acceptors (Lipinski definition) is 4. The molecule has 0 spiro atoms. The van der Waals surface area contributed by atoms with Crippen LogP contribution in [0.4, 0.5) is 0 Å². The second-order valence-corrected chi connectivity index (χ2v) is 10.5. The molecule has 0 fully saturated rings. The van der Waals surface area contributed by atoms with Gasteiger partial charge in [0.2, 0.25) is 0 Å². The number of benzene rings is 4. The first-order valence-corrected chi connectivity index (χ1v) is 13.6. The zero-order valence-electron chi connectivity index (χ0n) is 20.9. The fourth-order valence-corrected chi connectivity index (χ4v) is 7.30. The van der Waals surface area contributed by atoms with Crippen LogP contribution in [0.3, 0.4) is 0 Å². The van der Waals surface area contributed by atoms with Gasteiger partial charge in [0.25, 0.3) is 7.37 Å². The van der Waals surface area contributed by atoms with E-state index in [1.54, 1.807) is 48.5 Å². The van der Waals surface area contributed by atoms with Crippen LogP contribution in [0.25, 0.3) is 11.1 Å². The normalized spacial score (nSPS) is 15.7. The van der Waals surface area contributed by atoms with E-state index < -0.39 is 12.5 Å². The minimum Gasteiger partial charge on any atom is -0.508 e. The molecule has 0 saturated heterocycles. The number of aromatic hydroxyl groups is 2. The van der Waals surface area contributed by atoms with Crippen LogP contribution in [0.15, 0.2) is 97.1 Å². The maximum absolute atomic E-state index is 15.1. The van der Waals surface area contributed by atoms with Gasteiger partial charge in [-0.15, -0.1) is 0 Å². The molecule has 0 bridgehead atoms. The summed E-state index contributed by atoms with van der Waals surface area (Å²) in [4.78, 5) is 0. The van der Waals surface area contributed by atoms with Gasteiger partial charge in [0, 0.05) is 5.56 Å². The standard InChI is InChI=1S/C26H21O4P.2C2H6/c1-26(18-10-14-20(27)15-11-18,19-12-16-21(28)17-13-19)31(29)25-9-5-3-7-23(25)22-6-2-4-8-24(22)30-31;2*1-2/h2-17,27-28H,1H3;2*1-2H3. The van der Waals surface area contributed by atoms with Crippen molar-refractivity contribution in [3.05, 3.63) is 108 Å². The summed E-state index contributed by atoms with van der Waals surface area (Å²) >= 11 is 0. The van der Waals surface area contributed by atoms with Crippen LogP contribution in [-0.2, 0) is 9.72 Å². The monoisotopic (exact) mass is 488 g/mol. The molecule has 5 rings (SSSR count). The molecule has 4 aromatic carbocycles. The highest BCUT2D eigenvalue weighted by atomic mass is 31.2. The highest BCUT2D eigenvalue weighted by molar-refractivity contribution is 7.69. The molecule has 1 atom stereocenters. The largest absolute Gasteiger partial charge is 0.508 e. The van der Waals surface area contributed by atoms with Gasteiger partial charge in [-0.3, -0.25) is 4.57 Å². The van der Waals surface area contributed by atoms with Crippen molar-refractivity contribution < 1.29 is 19.3 Å². The lowest BCUT2D eigenvalue weighted by atomic mass is 9.92. The van der Waals surface area contributed by atoms with E-state index in [4.69, 9.17) is 4.52 Å². The van der Waals surface area contributed by atoms with Gasteiger partial charge in [0.1, 0.15) is 22.4 Å². The Morgan fingerprint density at radius 3 is 1.57 bits per heavy atom. The van der Waals surface area contributed by atoms with Gasteiger partial charge < -0.3 is 14.7 Å². The van der Waals surface area contributed by atoms with Crippen molar-refractivity contribution in [3.63, 3.8) is 0 Å². The van der Waals surface area contributed by atoms with Gasteiger partial charge in [0.05, 0.1) is 5.30 Å². The lowest BCUT2D eigenvalue weighted by Gasteiger charge is -2.41. The van der Waals surface area contributed by atoms with Crippen molar-refractivity contribution >= 4 is 12.7 Å². The third-order valence-electron chi connectivity index (χ3n) is 6.07. The molecule has 182 valence electrons. The van der Waals surface area contributed by atoms with E-state index in [9.17, 15) is 10.2 Å². The van der Waals surface area contributed by atoms with E-state index in [1.165, 1.54) is 0 Å². The van der Waals surface area contributed by atoms with Crippen molar-refractivity contribution in [2.45, 2.75) is 39.8 Å². The van der Waals surface area contributed by atoms with Crippen molar-refractivity contribution in [1.82, 2.24) is 0 Å². The SMILES string of the molecule is CC.CC.CC(c1ccc(O)cc1)(c1ccc(O)cc1)P1(=O)Oc2ccccc2-c2ccccc21. The number of fused-ring (bicyclic) bond motifs is 3. The average Bonchev–Trinajstić information content (AvgIpc) is 2.91. The second-order valence-electron chi connectivity index (χ2n) is 7.82. The average molecular weight is 489 g/mol. The summed E-state index contributed by atoms with van der Waals surface area (Å²) in [6.07, 6.45) is 0. The van der Waals surface area contributed by atoms with Crippen molar-refractivity contribution in [3.8, 4) is 28.4 Å². The molecule has 2 N–H and O–H groups in total. The molecule has 1 heterocycles. The summed E-state index contributed by atoms with van der Waals surface area (Å²) in [5.41, 5.74) is 3.28. The van der Waals surface area contributed by atoms with Crippen molar-refractivity contribution in [2.75, 3.05) is 0 Å². The third-order valence-corrected chi connectivity index (χ3v) is 9.24. The number of hydrogen-bond donors (Lipinski definition) is 2. The fraction of sp³-hybridized carbons (Fsp3) is 0.200. The summed E-state index contributed by atoms with van der Waals surface area (Å²) in [6.45, 7) is 9.90. The molecule has 0 saturated carbocycles. The lowest BCUT2D eigenvalue weighted by molar-refractivity contribution is 0.460. The topological polar surface area (TPSA) is 66.8 Å². The Morgan fingerprint density at radius 1 is 0.629 bits per heavy atom. The van der Waals surface area contributed by atoms with Crippen molar-refractivity contribution in [1.29, 1.82) is 0 Å². The zero-order valence-corrected chi connectivity index (χ0v) is 21.8. The minimum atomic E-state index is -3.60. The molecule has 0 aliphatic carbocycles. The van der Waals surface area contributed by atoms with E-state index in [2.05, 4.69) is 0 Å². The molecule has 0 aromatic heterocycles. The maximum atomic E-state index is 15.1. The maximum Gasteiger partial charge on any atom is 0.292 e. The molecule has 1 aliphatic heterocycles. The molecule has 4 aromatic rings. The van der Waals surface area contributed by atoms with E-state index in [1.807, 2.05) is 83.1 Å². The van der Waals surface area contributed by atoms with Gasteiger partial charge in [-0.2, -0.15) is 0 Å². The van der Waals surface area contributed by atoms with Crippen LogP contribution in [0.1, 0.15) is 45.7 Å². The Balaban J connectivity index is 0.000000815. The van der Waals surface area contributed by atoms with Gasteiger partial charge in [-0.25, -0.2) is 0 Å². The van der Waals surface area contributed by atoms with E-state index in [-0.39, 0.29) is 11.5 Å². The quantitative estimate of drug-likeness (QED) is 0.286. The first-order chi connectivity index (χ1) is 16.9. The van der Waals surface area contributed by atoms with Crippen LogP contribution >= 0.6 is 7.37 Å². The second kappa shape index (κ2) is 10.8. The molecule has 1 unspecified atom stereocenters.